The van der Waals surface area contributed by atoms with Crippen molar-refractivity contribution in [2.24, 2.45) is 0 Å². The molecule has 240 valence electrons. The molecule has 0 atom stereocenters. The van der Waals surface area contributed by atoms with E-state index in [1.807, 2.05) is 28.8 Å². The quantitative estimate of drug-likeness (QED) is 0.123. The Kier molecular flexibility index (Phi) is 18.6. The minimum atomic E-state index is 0. The van der Waals surface area contributed by atoms with E-state index in [1.165, 1.54) is 81.1 Å². The summed E-state index contributed by atoms with van der Waals surface area (Å²) in [4.78, 5) is 18.3. The van der Waals surface area contributed by atoms with Crippen molar-refractivity contribution in [3.63, 3.8) is 0 Å². The van der Waals surface area contributed by atoms with Crippen molar-refractivity contribution in [1.82, 2.24) is 4.90 Å². The fourth-order valence-electron chi connectivity index (χ4n) is 5.54. The second-order valence-corrected chi connectivity index (χ2v) is 12.7. The molecule has 1 heterocycles. The topological polar surface area (TPSA) is 42.0 Å². The second-order valence-electron chi connectivity index (χ2n) is 11.5. The van der Waals surface area contributed by atoms with Crippen LogP contribution in [0.25, 0.3) is 0 Å². The van der Waals surface area contributed by atoms with E-state index < -0.39 is 0 Å². The summed E-state index contributed by atoms with van der Waals surface area (Å²) in [6.07, 6.45) is 18.9. The number of carbonyl (C=O) groups is 1. The normalized spacial score (nSPS) is 12.6. The maximum Gasteiger partial charge on any atom is 0.223 e. The van der Waals surface area contributed by atoms with Gasteiger partial charge in [-0.1, -0.05) is 102 Å². The number of unbranched alkanes of at least 4 members (excludes halogenated alkanes) is 11. The molecule has 0 N–H and O–H groups in total. The smallest absolute Gasteiger partial charge is 0.223 e. The molecule has 0 bridgehead atoms. The van der Waals surface area contributed by atoms with Crippen molar-refractivity contribution in [2.75, 3.05) is 31.0 Å². The Morgan fingerprint density at radius 1 is 0.907 bits per heavy atom. The molecule has 0 fully saturated rings. The van der Waals surface area contributed by atoms with Gasteiger partial charge in [0.05, 0.1) is 19.6 Å². The molecule has 0 radical (unpaired) electrons. The summed E-state index contributed by atoms with van der Waals surface area (Å²) in [5, 5.41) is 0. The number of halogens is 1. The zero-order chi connectivity index (χ0) is 30.0. The minimum absolute atomic E-state index is 0. The van der Waals surface area contributed by atoms with Crippen LogP contribution in [-0.4, -0.2) is 36.9 Å². The number of ether oxygens (including phenoxy) is 2. The number of methoxy groups -OCH3 is 1. The SMILES string of the molecule is Br.CCCCCCCCCCCCCCOc1cc(CCN(C(C)=O)c2ccccc2CN2C=C(C)SC2)ccc1OC. The molecular formula is C36H55BrN2O3S. The number of benzene rings is 2. The van der Waals surface area contributed by atoms with E-state index in [1.54, 1.807) is 14.0 Å². The van der Waals surface area contributed by atoms with E-state index in [0.717, 1.165) is 48.0 Å². The van der Waals surface area contributed by atoms with E-state index >= 15 is 0 Å². The lowest BCUT2D eigenvalue weighted by molar-refractivity contribution is -0.116. The molecule has 5 nitrogen and oxygen atoms in total. The third kappa shape index (κ3) is 13.6. The molecule has 0 aromatic heterocycles. The molecule has 2 aromatic carbocycles. The van der Waals surface area contributed by atoms with Crippen molar-refractivity contribution in [2.45, 2.75) is 111 Å². The predicted octanol–water partition coefficient (Wildman–Crippen LogP) is 10.3. The van der Waals surface area contributed by atoms with Crippen molar-refractivity contribution < 1.29 is 14.3 Å². The van der Waals surface area contributed by atoms with Crippen LogP contribution in [-0.2, 0) is 17.8 Å². The highest BCUT2D eigenvalue weighted by atomic mass is 79.9. The molecule has 7 heteroatoms. The van der Waals surface area contributed by atoms with Crippen molar-refractivity contribution in [1.29, 1.82) is 0 Å². The Labute approximate surface area is 276 Å². The highest BCUT2D eigenvalue weighted by molar-refractivity contribution is 8.93. The van der Waals surface area contributed by atoms with E-state index in [2.05, 4.69) is 55.3 Å². The minimum Gasteiger partial charge on any atom is -0.493 e. The molecule has 1 aliphatic rings. The lowest BCUT2D eigenvalue weighted by Gasteiger charge is -2.26. The summed E-state index contributed by atoms with van der Waals surface area (Å²) >= 11 is 1.86. The molecule has 0 unspecified atom stereocenters. The van der Waals surface area contributed by atoms with E-state index in [-0.39, 0.29) is 22.9 Å². The van der Waals surface area contributed by atoms with Crippen LogP contribution in [0, 0.1) is 0 Å². The molecule has 3 rings (SSSR count). The van der Waals surface area contributed by atoms with E-state index in [0.29, 0.717) is 13.2 Å². The fourth-order valence-corrected chi connectivity index (χ4v) is 6.30. The number of thioether (sulfide) groups is 1. The molecule has 1 amide bonds. The summed E-state index contributed by atoms with van der Waals surface area (Å²) in [5.41, 5.74) is 3.30. The van der Waals surface area contributed by atoms with Crippen LogP contribution in [0.15, 0.2) is 53.6 Å². The van der Waals surface area contributed by atoms with Gasteiger partial charge in [-0.25, -0.2) is 0 Å². The second kappa shape index (κ2) is 21.6. The van der Waals surface area contributed by atoms with Crippen molar-refractivity contribution in [3.05, 3.63) is 64.7 Å². The summed E-state index contributed by atoms with van der Waals surface area (Å²) in [7, 11) is 1.69. The molecular weight excluding hydrogens is 620 g/mol. The Bertz CT molecular complexity index is 1110. The number of amides is 1. The Hall–Kier alpha value is -2.12. The molecule has 1 aliphatic heterocycles. The number of rotatable bonds is 21. The Morgan fingerprint density at radius 3 is 2.16 bits per heavy atom. The summed E-state index contributed by atoms with van der Waals surface area (Å²) < 4.78 is 11.8. The van der Waals surface area contributed by atoms with Crippen molar-refractivity contribution >= 4 is 40.3 Å². The van der Waals surface area contributed by atoms with E-state index in [4.69, 9.17) is 9.47 Å². The van der Waals surface area contributed by atoms with Crippen LogP contribution < -0.4 is 14.4 Å². The van der Waals surface area contributed by atoms with Gasteiger partial charge >= 0.3 is 0 Å². The first-order valence-electron chi connectivity index (χ1n) is 16.2. The van der Waals surface area contributed by atoms with Gasteiger partial charge in [0.2, 0.25) is 5.91 Å². The third-order valence-electron chi connectivity index (χ3n) is 7.97. The van der Waals surface area contributed by atoms with E-state index in [9.17, 15) is 4.79 Å². The van der Waals surface area contributed by atoms with Crippen LogP contribution in [0.3, 0.4) is 0 Å². The van der Waals surface area contributed by atoms with Gasteiger partial charge in [0, 0.05) is 31.9 Å². The van der Waals surface area contributed by atoms with Gasteiger partial charge < -0.3 is 19.3 Å². The van der Waals surface area contributed by atoms with Crippen LogP contribution >= 0.6 is 28.7 Å². The number of anilines is 1. The number of hydrogen-bond donors (Lipinski definition) is 0. The van der Waals surface area contributed by atoms with Gasteiger partial charge in [-0.05, 0) is 54.0 Å². The highest BCUT2D eigenvalue weighted by Gasteiger charge is 2.18. The van der Waals surface area contributed by atoms with Gasteiger partial charge in [-0.2, -0.15) is 0 Å². The van der Waals surface area contributed by atoms with Crippen LogP contribution in [0.1, 0.15) is 109 Å². The first-order valence-corrected chi connectivity index (χ1v) is 17.2. The summed E-state index contributed by atoms with van der Waals surface area (Å²) in [6, 6.07) is 14.4. The first kappa shape index (κ1) is 37.1. The van der Waals surface area contributed by atoms with Crippen molar-refractivity contribution in [3.8, 4) is 11.5 Å². The molecule has 0 aliphatic carbocycles. The molecule has 0 saturated carbocycles. The maximum atomic E-state index is 12.8. The maximum absolute atomic E-state index is 12.8. The number of para-hydroxylation sites is 1. The summed E-state index contributed by atoms with van der Waals surface area (Å²) in [6.45, 7) is 8.19. The van der Waals surface area contributed by atoms with Crippen LogP contribution in [0.2, 0.25) is 0 Å². The average Bonchev–Trinajstić information content (AvgIpc) is 3.40. The molecule has 0 saturated heterocycles. The zero-order valence-electron chi connectivity index (χ0n) is 27.1. The zero-order valence-corrected chi connectivity index (χ0v) is 29.6. The van der Waals surface area contributed by atoms with Gasteiger partial charge in [0.15, 0.2) is 11.5 Å². The van der Waals surface area contributed by atoms with Gasteiger partial charge in [0.1, 0.15) is 0 Å². The predicted molar refractivity (Wildman–Crippen MR) is 190 cm³/mol. The highest BCUT2D eigenvalue weighted by Crippen LogP contribution is 2.31. The lowest BCUT2D eigenvalue weighted by Crippen LogP contribution is -2.32. The van der Waals surface area contributed by atoms with Crippen LogP contribution in [0.5, 0.6) is 11.5 Å². The monoisotopic (exact) mass is 674 g/mol. The number of hydrogen-bond acceptors (Lipinski definition) is 5. The average molecular weight is 676 g/mol. The fraction of sp³-hybridized carbons (Fsp3) is 0.583. The number of carbonyl (C=O) groups excluding carboxylic acids is 1. The molecule has 2 aromatic rings. The lowest BCUT2D eigenvalue weighted by atomic mass is 10.1. The summed E-state index contributed by atoms with van der Waals surface area (Å²) in [5.74, 6) is 2.57. The third-order valence-corrected chi connectivity index (χ3v) is 8.99. The largest absolute Gasteiger partial charge is 0.493 e. The van der Waals surface area contributed by atoms with Gasteiger partial charge in [-0.15, -0.1) is 28.7 Å². The standard InChI is InChI=1S/C36H54N2O3S.BrH/c1-5-6-7-8-9-10-11-12-13-14-15-18-25-41-36-26-32(21-22-35(36)40-4)23-24-38(31(3)39)34-20-17-16-19-33(34)28-37-27-30(2)42-29-37;/h16-17,19-22,26-27H,5-15,18,23-25,28-29H2,1-4H3;1H. The number of nitrogens with zero attached hydrogens (tertiary/aromatic N) is 2. The van der Waals surface area contributed by atoms with Gasteiger partial charge in [-0.3, -0.25) is 4.79 Å². The van der Waals surface area contributed by atoms with Gasteiger partial charge in [0.25, 0.3) is 0 Å². The number of allylic oxidation sites excluding steroid dienone is 1. The Morgan fingerprint density at radius 2 is 1.56 bits per heavy atom. The Balaban J connectivity index is 0.00000645. The molecule has 43 heavy (non-hydrogen) atoms. The first-order chi connectivity index (χ1) is 20.5. The molecule has 0 spiro atoms. The van der Waals surface area contributed by atoms with Crippen LogP contribution in [0.4, 0.5) is 5.69 Å².